The summed E-state index contributed by atoms with van der Waals surface area (Å²) in [5.74, 6) is 0. The number of hydrogen-bond acceptors (Lipinski definition) is 2. The van der Waals surface area contributed by atoms with Crippen LogP contribution in [0.4, 0.5) is 0 Å². The molecule has 0 spiro atoms. The molecule has 1 atom stereocenters. The second-order valence-corrected chi connectivity index (χ2v) is 5.53. The highest BCUT2D eigenvalue weighted by Gasteiger charge is 2.18. The van der Waals surface area contributed by atoms with E-state index in [-0.39, 0.29) is 6.04 Å². The summed E-state index contributed by atoms with van der Waals surface area (Å²) in [6.45, 7) is 5.96. The molecule has 1 N–H and O–H groups in total. The van der Waals surface area contributed by atoms with Crippen LogP contribution in [0.2, 0.25) is 10.0 Å². The van der Waals surface area contributed by atoms with E-state index in [0.29, 0.717) is 10.0 Å². The molecule has 1 unspecified atom stereocenters. The highest BCUT2D eigenvalue weighted by atomic mass is 35.5. The number of nitrogens with zero attached hydrogens (tertiary/aromatic N) is 2. The van der Waals surface area contributed by atoms with Crippen LogP contribution in [0.5, 0.6) is 0 Å². The molecule has 0 saturated heterocycles. The summed E-state index contributed by atoms with van der Waals surface area (Å²) in [6.07, 6.45) is 4.98. The van der Waals surface area contributed by atoms with Crippen LogP contribution >= 0.6 is 23.2 Å². The third kappa shape index (κ3) is 3.54. The van der Waals surface area contributed by atoms with E-state index < -0.39 is 0 Å². The van der Waals surface area contributed by atoms with Crippen LogP contribution in [0.15, 0.2) is 30.6 Å². The van der Waals surface area contributed by atoms with Gasteiger partial charge in [0.2, 0.25) is 0 Å². The molecule has 0 saturated carbocycles. The highest BCUT2D eigenvalue weighted by molar-refractivity contribution is 6.33. The van der Waals surface area contributed by atoms with Crippen molar-refractivity contribution in [3.63, 3.8) is 0 Å². The lowest BCUT2D eigenvalue weighted by atomic mass is 10.0. The van der Waals surface area contributed by atoms with Crippen molar-refractivity contribution in [2.75, 3.05) is 6.54 Å². The summed E-state index contributed by atoms with van der Waals surface area (Å²) >= 11 is 12.4. The normalized spacial score (nSPS) is 12.6. The Kier molecular flexibility index (Phi) is 5.46. The first-order valence-electron chi connectivity index (χ1n) is 6.86. The minimum Gasteiger partial charge on any atom is -0.306 e. The molecule has 5 heteroatoms. The van der Waals surface area contributed by atoms with Crippen molar-refractivity contribution >= 4 is 23.2 Å². The Balaban J connectivity index is 2.38. The van der Waals surface area contributed by atoms with E-state index in [9.17, 15) is 0 Å². The lowest BCUT2D eigenvalue weighted by molar-refractivity contribution is 0.596. The first kappa shape index (κ1) is 15.4. The maximum absolute atomic E-state index is 6.33. The van der Waals surface area contributed by atoms with E-state index in [1.165, 1.54) is 0 Å². The highest BCUT2D eigenvalue weighted by Crippen LogP contribution is 2.30. The Hall–Kier alpha value is -1.03. The third-order valence-corrected chi connectivity index (χ3v) is 3.76. The zero-order chi connectivity index (χ0) is 14.5. The molecule has 3 nitrogen and oxygen atoms in total. The first-order chi connectivity index (χ1) is 9.65. The largest absolute Gasteiger partial charge is 0.306 e. The second kappa shape index (κ2) is 7.11. The Morgan fingerprint density at radius 1 is 1.30 bits per heavy atom. The van der Waals surface area contributed by atoms with Crippen molar-refractivity contribution in [1.29, 1.82) is 0 Å². The van der Waals surface area contributed by atoms with Crippen LogP contribution in [-0.4, -0.2) is 16.3 Å². The zero-order valence-corrected chi connectivity index (χ0v) is 13.2. The number of nitrogens with one attached hydrogen (secondary N) is 1. The molecule has 0 aliphatic rings. The van der Waals surface area contributed by atoms with Gasteiger partial charge in [0.15, 0.2) is 0 Å². The fourth-order valence-corrected chi connectivity index (χ4v) is 2.54. The van der Waals surface area contributed by atoms with Gasteiger partial charge in [-0.25, -0.2) is 0 Å². The molecule has 0 aliphatic carbocycles. The van der Waals surface area contributed by atoms with E-state index in [1.54, 1.807) is 6.07 Å². The summed E-state index contributed by atoms with van der Waals surface area (Å²) in [4.78, 5) is 0. The predicted octanol–water partition coefficient (Wildman–Crippen LogP) is 4.30. The molecule has 0 radical (unpaired) electrons. The van der Waals surface area contributed by atoms with Crippen LogP contribution in [0.3, 0.4) is 0 Å². The Morgan fingerprint density at radius 3 is 2.75 bits per heavy atom. The maximum atomic E-state index is 6.33. The van der Waals surface area contributed by atoms with E-state index in [0.717, 1.165) is 30.6 Å². The number of halogens is 2. The van der Waals surface area contributed by atoms with E-state index in [2.05, 4.69) is 24.3 Å². The van der Waals surface area contributed by atoms with Crippen molar-refractivity contribution in [3.05, 3.63) is 51.8 Å². The Morgan fingerprint density at radius 2 is 2.10 bits per heavy atom. The standard InChI is InChI=1S/C15H19Cl2N3/c1-3-7-18-15(11-9-19-20(4-2)10-11)13-8-12(16)5-6-14(13)17/h5-6,8-10,15,18H,3-4,7H2,1-2H3. The first-order valence-corrected chi connectivity index (χ1v) is 7.62. The summed E-state index contributed by atoms with van der Waals surface area (Å²) in [6, 6.07) is 5.58. The lowest BCUT2D eigenvalue weighted by Gasteiger charge is -2.19. The zero-order valence-electron chi connectivity index (χ0n) is 11.7. The van der Waals surface area contributed by atoms with Crippen molar-refractivity contribution < 1.29 is 0 Å². The van der Waals surface area contributed by atoms with Gasteiger partial charge in [0.25, 0.3) is 0 Å². The van der Waals surface area contributed by atoms with Crippen LogP contribution in [0.25, 0.3) is 0 Å². The van der Waals surface area contributed by atoms with Gasteiger partial charge in [0, 0.05) is 28.4 Å². The van der Waals surface area contributed by atoms with E-state index >= 15 is 0 Å². The summed E-state index contributed by atoms with van der Waals surface area (Å²) in [5.41, 5.74) is 2.09. The number of hydrogen-bond donors (Lipinski definition) is 1. The maximum Gasteiger partial charge on any atom is 0.0623 e. The van der Waals surface area contributed by atoms with Crippen molar-refractivity contribution in [2.24, 2.45) is 0 Å². The fourth-order valence-electron chi connectivity index (χ4n) is 2.13. The fraction of sp³-hybridized carbons (Fsp3) is 0.400. The Bertz CT molecular complexity index is 566. The van der Waals surface area contributed by atoms with E-state index in [4.69, 9.17) is 23.2 Å². The van der Waals surface area contributed by atoms with Crippen LogP contribution < -0.4 is 5.32 Å². The quantitative estimate of drug-likeness (QED) is 0.862. The SMILES string of the molecule is CCCNC(c1cnn(CC)c1)c1cc(Cl)ccc1Cl. The molecule has 1 heterocycles. The molecule has 0 aliphatic heterocycles. The van der Waals surface area contributed by atoms with Crippen LogP contribution in [-0.2, 0) is 6.54 Å². The molecule has 0 bridgehead atoms. The average Bonchev–Trinajstić information content (AvgIpc) is 2.92. The van der Waals surface area contributed by atoms with Crippen LogP contribution in [0, 0.1) is 0 Å². The molecule has 1 aromatic heterocycles. The van der Waals surface area contributed by atoms with Gasteiger partial charge < -0.3 is 5.32 Å². The summed E-state index contributed by atoms with van der Waals surface area (Å²) in [7, 11) is 0. The van der Waals surface area contributed by atoms with Gasteiger partial charge in [0.05, 0.1) is 12.2 Å². The smallest absolute Gasteiger partial charge is 0.0623 e. The molecule has 108 valence electrons. The van der Waals surface area contributed by atoms with Gasteiger partial charge in [-0.2, -0.15) is 5.10 Å². The number of benzene rings is 1. The second-order valence-electron chi connectivity index (χ2n) is 4.68. The molecule has 2 rings (SSSR count). The summed E-state index contributed by atoms with van der Waals surface area (Å²) < 4.78 is 1.91. The Labute approximate surface area is 129 Å². The molecular formula is C15H19Cl2N3. The van der Waals surface area contributed by atoms with Gasteiger partial charge >= 0.3 is 0 Å². The number of aromatic nitrogens is 2. The lowest BCUT2D eigenvalue weighted by Crippen LogP contribution is -2.23. The number of aryl methyl sites for hydroxylation is 1. The summed E-state index contributed by atoms with van der Waals surface area (Å²) in [5, 5.41) is 9.26. The molecule has 0 amide bonds. The molecule has 0 fully saturated rings. The number of rotatable bonds is 6. The van der Waals surface area contributed by atoms with Gasteiger partial charge in [-0.1, -0.05) is 30.1 Å². The van der Waals surface area contributed by atoms with Gasteiger partial charge in [0.1, 0.15) is 0 Å². The van der Waals surface area contributed by atoms with Gasteiger partial charge in [-0.3, -0.25) is 4.68 Å². The third-order valence-electron chi connectivity index (χ3n) is 3.18. The minimum atomic E-state index is 0.0152. The van der Waals surface area contributed by atoms with Crippen LogP contribution in [0.1, 0.15) is 37.4 Å². The molecule has 1 aromatic carbocycles. The van der Waals surface area contributed by atoms with E-state index in [1.807, 2.05) is 29.2 Å². The van der Waals surface area contributed by atoms with Crippen molar-refractivity contribution in [3.8, 4) is 0 Å². The topological polar surface area (TPSA) is 29.9 Å². The van der Waals surface area contributed by atoms with Gasteiger partial charge in [-0.05, 0) is 43.7 Å². The predicted molar refractivity (Wildman–Crippen MR) is 84.5 cm³/mol. The molecular weight excluding hydrogens is 293 g/mol. The minimum absolute atomic E-state index is 0.0152. The molecule has 20 heavy (non-hydrogen) atoms. The average molecular weight is 312 g/mol. The van der Waals surface area contributed by atoms with Crippen molar-refractivity contribution in [2.45, 2.75) is 32.9 Å². The molecule has 2 aromatic rings. The monoisotopic (exact) mass is 311 g/mol. The van der Waals surface area contributed by atoms with Crippen molar-refractivity contribution in [1.82, 2.24) is 15.1 Å². The van der Waals surface area contributed by atoms with Gasteiger partial charge in [-0.15, -0.1) is 0 Å².